The number of pyridine rings is 1. The molecule has 1 saturated heterocycles. The summed E-state index contributed by atoms with van der Waals surface area (Å²) in [4.78, 5) is 6.87. The SMILES string of the molecule is COC1CCN(c2ncc(CN)cc2C)CC1. The Hall–Kier alpha value is -1.13. The third kappa shape index (κ3) is 2.76. The molecule has 1 aromatic rings. The number of hydrogen-bond donors (Lipinski definition) is 1. The van der Waals surface area contributed by atoms with E-state index in [4.69, 9.17) is 10.5 Å². The molecule has 4 heteroatoms. The number of aryl methyl sites for hydroxylation is 1. The molecule has 0 bridgehead atoms. The minimum Gasteiger partial charge on any atom is -0.381 e. The molecule has 0 amide bonds. The van der Waals surface area contributed by atoms with Gasteiger partial charge in [-0.2, -0.15) is 0 Å². The van der Waals surface area contributed by atoms with Crippen molar-refractivity contribution >= 4 is 5.82 Å². The van der Waals surface area contributed by atoms with Crippen LogP contribution in [0.15, 0.2) is 12.3 Å². The summed E-state index contributed by atoms with van der Waals surface area (Å²) in [6.45, 7) is 4.70. The zero-order valence-corrected chi connectivity index (χ0v) is 10.6. The Kier molecular flexibility index (Phi) is 3.97. The molecule has 1 aliphatic heterocycles. The fourth-order valence-electron chi connectivity index (χ4n) is 2.37. The van der Waals surface area contributed by atoms with E-state index in [1.807, 2.05) is 6.20 Å². The molecule has 0 aromatic carbocycles. The maximum Gasteiger partial charge on any atom is 0.131 e. The second kappa shape index (κ2) is 5.47. The Morgan fingerprint density at radius 2 is 2.18 bits per heavy atom. The lowest BCUT2D eigenvalue weighted by atomic mass is 10.1. The highest BCUT2D eigenvalue weighted by atomic mass is 16.5. The minimum atomic E-state index is 0.412. The number of piperidine rings is 1. The highest BCUT2D eigenvalue weighted by Gasteiger charge is 2.20. The number of nitrogens with zero attached hydrogens (tertiary/aromatic N) is 2. The van der Waals surface area contributed by atoms with Crippen molar-refractivity contribution in [3.05, 3.63) is 23.4 Å². The van der Waals surface area contributed by atoms with Crippen molar-refractivity contribution in [2.45, 2.75) is 32.4 Å². The molecule has 1 aromatic heterocycles. The lowest BCUT2D eigenvalue weighted by Crippen LogP contribution is -2.37. The summed E-state index contributed by atoms with van der Waals surface area (Å²) < 4.78 is 5.38. The first-order valence-electron chi connectivity index (χ1n) is 6.18. The van der Waals surface area contributed by atoms with Crippen LogP contribution in [-0.4, -0.2) is 31.3 Å². The fraction of sp³-hybridized carbons (Fsp3) is 0.615. The lowest BCUT2D eigenvalue weighted by molar-refractivity contribution is 0.0818. The van der Waals surface area contributed by atoms with Crippen LogP contribution in [0, 0.1) is 6.92 Å². The van der Waals surface area contributed by atoms with E-state index in [-0.39, 0.29) is 0 Å². The second-order valence-corrected chi connectivity index (χ2v) is 4.61. The van der Waals surface area contributed by atoms with Crippen molar-refractivity contribution in [1.82, 2.24) is 4.98 Å². The van der Waals surface area contributed by atoms with Crippen LogP contribution in [0.2, 0.25) is 0 Å². The average Bonchev–Trinajstić information content (AvgIpc) is 2.39. The molecule has 2 N–H and O–H groups in total. The van der Waals surface area contributed by atoms with Gasteiger partial charge in [0.1, 0.15) is 5.82 Å². The van der Waals surface area contributed by atoms with E-state index in [9.17, 15) is 0 Å². The van der Waals surface area contributed by atoms with Gasteiger partial charge in [0.2, 0.25) is 0 Å². The molecule has 0 atom stereocenters. The van der Waals surface area contributed by atoms with Gasteiger partial charge in [-0.05, 0) is 37.0 Å². The molecule has 1 aliphatic rings. The first kappa shape index (κ1) is 12.3. The molecule has 2 heterocycles. The van der Waals surface area contributed by atoms with Gasteiger partial charge in [-0.3, -0.25) is 0 Å². The summed E-state index contributed by atoms with van der Waals surface area (Å²) >= 11 is 0. The standard InChI is InChI=1S/C13H21N3O/c1-10-7-11(8-14)9-15-13(10)16-5-3-12(17-2)4-6-16/h7,9,12H,3-6,8,14H2,1-2H3. The Bertz CT molecular complexity index is 373. The maximum absolute atomic E-state index is 5.61. The van der Waals surface area contributed by atoms with Crippen LogP contribution in [0.25, 0.3) is 0 Å². The first-order chi connectivity index (χ1) is 8.24. The Morgan fingerprint density at radius 3 is 2.71 bits per heavy atom. The van der Waals surface area contributed by atoms with Crippen LogP contribution in [0.4, 0.5) is 5.82 Å². The van der Waals surface area contributed by atoms with Gasteiger partial charge >= 0.3 is 0 Å². The maximum atomic E-state index is 5.61. The molecule has 0 saturated carbocycles. The summed E-state index contributed by atoms with van der Waals surface area (Å²) in [5.74, 6) is 1.09. The molecule has 17 heavy (non-hydrogen) atoms. The van der Waals surface area contributed by atoms with Crippen LogP contribution in [0.3, 0.4) is 0 Å². The Balaban J connectivity index is 2.08. The first-order valence-corrected chi connectivity index (χ1v) is 6.18. The van der Waals surface area contributed by atoms with Gasteiger partial charge in [-0.25, -0.2) is 4.98 Å². The van der Waals surface area contributed by atoms with Crippen molar-refractivity contribution in [1.29, 1.82) is 0 Å². The molecule has 0 radical (unpaired) electrons. The Morgan fingerprint density at radius 1 is 1.47 bits per heavy atom. The van der Waals surface area contributed by atoms with E-state index < -0.39 is 0 Å². The summed E-state index contributed by atoms with van der Waals surface area (Å²) in [6.07, 6.45) is 4.45. The summed E-state index contributed by atoms with van der Waals surface area (Å²) in [6, 6.07) is 2.13. The van der Waals surface area contributed by atoms with Gasteiger partial charge in [0, 0.05) is 32.9 Å². The van der Waals surface area contributed by atoms with Gasteiger partial charge in [-0.1, -0.05) is 0 Å². The smallest absolute Gasteiger partial charge is 0.131 e. The molecule has 2 rings (SSSR count). The zero-order chi connectivity index (χ0) is 12.3. The number of anilines is 1. The molecular formula is C13H21N3O. The van der Waals surface area contributed by atoms with Crippen molar-refractivity contribution < 1.29 is 4.74 Å². The van der Waals surface area contributed by atoms with E-state index in [2.05, 4.69) is 22.9 Å². The highest BCUT2D eigenvalue weighted by Crippen LogP contribution is 2.22. The third-order valence-electron chi connectivity index (χ3n) is 3.42. The van der Waals surface area contributed by atoms with E-state index in [1.165, 1.54) is 5.56 Å². The van der Waals surface area contributed by atoms with Gasteiger partial charge < -0.3 is 15.4 Å². The number of hydrogen-bond acceptors (Lipinski definition) is 4. The third-order valence-corrected chi connectivity index (χ3v) is 3.42. The van der Waals surface area contributed by atoms with Gasteiger partial charge in [-0.15, -0.1) is 0 Å². The van der Waals surface area contributed by atoms with E-state index in [0.29, 0.717) is 12.6 Å². The van der Waals surface area contributed by atoms with Crippen LogP contribution in [0.1, 0.15) is 24.0 Å². The molecule has 1 fully saturated rings. The van der Waals surface area contributed by atoms with Gasteiger partial charge in [0.05, 0.1) is 6.10 Å². The van der Waals surface area contributed by atoms with Gasteiger partial charge in [0.25, 0.3) is 0 Å². The topological polar surface area (TPSA) is 51.4 Å². The number of ether oxygens (including phenoxy) is 1. The van der Waals surface area contributed by atoms with E-state index in [1.54, 1.807) is 7.11 Å². The minimum absolute atomic E-state index is 0.412. The van der Waals surface area contributed by atoms with Crippen LogP contribution in [-0.2, 0) is 11.3 Å². The molecule has 0 spiro atoms. The monoisotopic (exact) mass is 235 g/mol. The predicted octanol–water partition coefficient (Wildman–Crippen LogP) is 1.46. The zero-order valence-electron chi connectivity index (χ0n) is 10.6. The molecule has 4 nitrogen and oxygen atoms in total. The van der Waals surface area contributed by atoms with Crippen LogP contribution in [0.5, 0.6) is 0 Å². The molecule has 94 valence electrons. The Labute approximate surface area is 103 Å². The average molecular weight is 235 g/mol. The summed E-state index contributed by atoms with van der Waals surface area (Å²) in [7, 11) is 1.79. The van der Waals surface area contributed by atoms with Crippen LogP contribution >= 0.6 is 0 Å². The van der Waals surface area contributed by atoms with Crippen molar-refractivity contribution in [2.24, 2.45) is 5.73 Å². The normalized spacial score (nSPS) is 17.5. The second-order valence-electron chi connectivity index (χ2n) is 4.61. The fourth-order valence-corrected chi connectivity index (χ4v) is 2.37. The number of nitrogens with two attached hydrogens (primary N) is 1. The largest absolute Gasteiger partial charge is 0.381 e. The number of methoxy groups -OCH3 is 1. The molecule has 0 aliphatic carbocycles. The quantitative estimate of drug-likeness (QED) is 0.862. The van der Waals surface area contributed by atoms with Crippen molar-refractivity contribution in [3.63, 3.8) is 0 Å². The molecule has 0 unspecified atom stereocenters. The van der Waals surface area contributed by atoms with Crippen molar-refractivity contribution in [2.75, 3.05) is 25.1 Å². The highest BCUT2D eigenvalue weighted by molar-refractivity contribution is 5.47. The lowest BCUT2D eigenvalue weighted by Gasteiger charge is -2.33. The predicted molar refractivity (Wildman–Crippen MR) is 69.1 cm³/mol. The van der Waals surface area contributed by atoms with Gasteiger partial charge in [0.15, 0.2) is 0 Å². The molecular weight excluding hydrogens is 214 g/mol. The van der Waals surface area contributed by atoms with E-state index in [0.717, 1.165) is 37.3 Å². The number of rotatable bonds is 3. The summed E-state index contributed by atoms with van der Waals surface area (Å²) in [5, 5.41) is 0. The number of aromatic nitrogens is 1. The van der Waals surface area contributed by atoms with Crippen molar-refractivity contribution in [3.8, 4) is 0 Å². The van der Waals surface area contributed by atoms with E-state index >= 15 is 0 Å². The van der Waals surface area contributed by atoms with Crippen LogP contribution < -0.4 is 10.6 Å². The summed E-state index contributed by atoms with van der Waals surface area (Å²) in [5.41, 5.74) is 7.92.